The lowest BCUT2D eigenvalue weighted by atomic mass is 10.1. The van der Waals surface area contributed by atoms with Gasteiger partial charge < -0.3 is 10.1 Å². The number of carbonyl (C=O) groups excluding carboxylic acids is 1. The minimum absolute atomic E-state index is 0.557. The Hall–Kier alpha value is -1.75. The summed E-state index contributed by atoms with van der Waals surface area (Å²) in [5, 5.41) is 7.83. The van der Waals surface area contributed by atoms with E-state index in [1.165, 1.54) is 0 Å². The molecular weight excluding hydrogens is 290 g/mol. The fraction of sp³-hybridized carbons (Fsp3) is 0.467. The van der Waals surface area contributed by atoms with Crippen LogP contribution in [-0.4, -0.2) is 24.5 Å². The van der Waals surface area contributed by atoms with Gasteiger partial charge in [-0.15, -0.1) is 0 Å². The number of hydrogen-bond acceptors (Lipinski definition) is 4. The molecule has 0 unspecified atom stereocenters. The van der Waals surface area contributed by atoms with Crippen LogP contribution >= 0.6 is 11.6 Å². The topological polar surface area (TPSA) is 62.7 Å². The van der Waals surface area contributed by atoms with Gasteiger partial charge in [0.1, 0.15) is 5.60 Å². The number of amides is 1. The molecule has 0 aliphatic rings. The predicted molar refractivity (Wildman–Crippen MR) is 87.2 cm³/mol. The first kappa shape index (κ1) is 17.3. The van der Waals surface area contributed by atoms with Gasteiger partial charge in [-0.2, -0.15) is 5.10 Å². The summed E-state index contributed by atoms with van der Waals surface area (Å²) in [7, 11) is 1.82. The molecular formula is C15H22ClN3O2. The number of carbonyl (C=O) groups is 1. The quantitative estimate of drug-likeness (QED) is 0.652. The monoisotopic (exact) mass is 311 g/mol. The molecule has 2 N–H and O–H groups in total. The Bertz CT molecular complexity index is 536. The zero-order chi connectivity index (χ0) is 16.0. The molecule has 0 saturated carbocycles. The summed E-state index contributed by atoms with van der Waals surface area (Å²) >= 11 is 6.03. The molecule has 1 rings (SSSR count). The van der Waals surface area contributed by atoms with Crippen molar-refractivity contribution in [3.8, 4) is 0 Å². The van der Waals surface area contributed by atoms with Crippen molar-refractivity contribution < 1.29 is 9.53 Å². The Morgan fingerprint density at radius 1 is 1.38 bits per heavy atom. The zero-order valence-corrected chi connectivity index (χ0v) is 13.8. The molecule has 1 amide bonds. The van der Waals surface area contributed by atoms with Crippen LogP contribution in [0.3, 0.4) is 0 Å². The van der Waals surface area contributed by atoms with E-state index in [-0.39, 0.29) is 0 Å². The van der Waals surface area contributed by atoms with Crippen LogP contribution in [0.1, 0.15) is 39.7 Å². The van der Waals surface area contributed by atoms with Gasteiger partial charge >= 0.3 is 6.09 Å². The van der Waals surface area contributed by atoms with E-state index in [2.05, 4.69) is 15.8 Å². The van der Waals surface area contributed by atoms with Crippen LogP contribution in [0, 0.1) is 0 Å². The van der Waals surface area contributed by atoms with Crippen molar-refractivity contribution in [2.45, 2.75) is 39.7 Å². The molecule has 0 atom stereocenters. The first-order valence-corrected chi connectivity index (χ1v) is 7.18. The summed E-state index contributed by atoms with van der Waals surface area (Å²) in [5.41, 5.74) is 4.32. The van der Waals surface area contributed by atoms with Crippen molar-refractivity contribution >= 4 is 29.1 Å². The lowest BCUT2D eigenvalue weighted by molar-refractivity contribution is 0.0529. The summed E-state index contributed by atoms with van der Waals surface area (Å²) in [4.78, 5) is 11.6. The third-order valence-electron chi connectivity index (χ3n) is 2.58. The van der Waals surface area contributed by atoms with Crippen molar-refractivity contribution in [1.29, 1.82) is 0 Å². The molecule has 0 aromatic heterocycles. The number of halogens is 1. The van der Waals surface area contributed by atoms with Gasteiger partial charge in [0.2, 0.25) is 0 Å². The maximum atomic E-state index is 11.6. The molecule has 0 saturated heterocycles. The molecule has 0 fully saturated rings. The Balaban J connectivity index is 2.95. The molecule has 0 radical (unpaired) electrons. The van der Waals surface area contributed by atoms with E-state index < -0.39 is 11.7 Å². The molecule has 5 nitrogen and oxygen atoms in total. The maximum Gasteiger partial charge on any atom is 0.428 e. The van der Waals surface area contributed by atoms with E-state index >= 15 is 0 Å². The van der Waals surface area contributed by atoms with E-state index in [0.717, 1.165) is 11.3 Å². The van der Waals surface area contributed by atoms with E-state index in [1.54, 1.807) is 26.8 Å². The van der Waals surface area contributed by atoms with Crippen molar-refractivity contribution in [2.75, 3.05) is 12.4 Å². The van der Waals surface area contributed by atoms with Gasteiger partial charge in [0, 0.05) is 23.3 Å². The van der Waals surface area contributed by atoms with E-state index in [1.807, 2.05) is 26.1 Å². The van der Waals surface area contributed by atoms with Crippen LogP contribution in [0.25, 0.3) is 0 Å². The third kappa shape index (κ3) is 5.63. The SMILES string of the molecule is CC/C(=N/NC(=O)OC(C)(C)C)c1cc(Cl)ccc1NC. The number of benzene rings is 1. The Morgan fingerprint density at radius 3 is 2.57 bits per heavy atom. The molecule has 0 heterocycles. The van der Waals surface area contributed by atoms with Crippen molar-refractivity contribution in [1.82, 2.24) is 5.43 Å². The highest BCUT2D eigenvalue weighted by Crippen LogP contribution is 2.22. The zero-order valence-electron chi connectivity index (χ0n) is 13.1. The van der Waals surface area contributed by atoms with Crippen LogP contribution in [0.2, 0.25) is 5.02 Å². The summed E-state index contributed by atoms with van der Waals surface area (Å²) in [5.74, 6) is 0. The van der Waals surface area contributed by atoms with Crippen molar-refractivity contribution in [2.24, 2.45) is 5.10 Å². The summed E-state index contributed by atoms with van der Waals surface area (Å²) < 4.78 is 5.15. The normalized spacial score (nSPS) is 12.0. The lowest BCUT2D eigenvalue weighted by Crippen LogP contribution is -2.30. The molecule has 116 valence electrons. The fourth-order valence-corrected chi connectivity index (χ4v) is 1.89. The number of nitrogens with zero attached hydrogens (tertiary/aromatic N) is 1. The Kier molecular flexibility index (Phi) is 6.03. The maximum absolute atomic E-state index is 11.6. The highest BCUT2D eigenvalue weighted by atomic mass is 35.5. The molecule has 0 aliphatic carbocycles. The lowest BCUT2D eigenvalue weighted by Gasteiger charge is -2.19. The second-order valence-electron chi connectivity index (χ2n) is 5.47. The van der Waals surface area contributed by atoms with E-state index in [4.69, 9.17) is 16.3 Å². The highest BCUT2D eigenvalue weighted by molar-refractivity contribution is 6.31. The van der Waals surface area contributed by atoms with Gasteiger partial charge in [-0.25, -0.2) is 10.2 Å². The molecule has 0 bridgehead atoms. The van der Waals surface area contributed by atoms with Gasteiger partial charge in [0.25, 0.3) is 0 Å². The standard InChI is InChI=1S/C15H22ClN3O2/c1-6-12(18-19-14(20)21-15(2,3)4)11-9-10(16)7-8-13(11)17-5/h7-9,17H,6H2,1-5H3,(H,19,20)/b18-12-. The Morgan fingerprint density at radius 2 is 2.05 bits per heavy atom. The molecule has 1 aromatic rings. The van der Waals surface area contributed by atoms with E-state index in [9.17, 15) is 4.79 Å². The molecule has 0 spiro atoms. The van der Waals surface area contributed by atoms with Crippen LogP contribution < -0.4 is 10.7 Å². The Labute approximate surface area is 130 Å². The van der Waals surface area contributed by atoms with Gasteiger partial charge in [-0.05, 0) is 45.4 Å². The van der Waals surface area contributed by atoms with Gasteiger partial charge in [0.05, 0.1) is 5.71 Å². The van der Waals surface area contributed by atoms with Crippen LogP contribution in [-0.2, 0) is 4.74 Å². The molecule has 6 heteroatoms. The second-order valence-corrected chi connectivity index (χ2v) is 5.90. The fourth-order valence-electron chi connectivity index (χ4n) is 1.72. The third-order valence-corrected chi connectivity index (χ3v) is 2.81. The first-order valence-electron chi connectivity index (χ1n) is 6.80. The minimum atomic E-state index is -0.582. The number of anilines is 1. The van der Waals surface area contributed by atoms with Crippen LogP contribution in [0.15, 0.2) is 23.3 Å². The van der Waals surface area contributed by atoms with Gasteiger partial charge in [-0.3, -0.25) is 0 Å². The summed E-state index contributed by atoms with van der Waals surface area (Å²) in [6.45, 7) is 7.35. The van der Waals surface area contributed by atoms with Crippen LogP contribution in [0.4, 0.5) is 10.5 Å². The molecule has 21 heavy (non-hydrogen) atoms. The number of hydrazone groups is 1. The van der Waals surface area contributed by atoms with Crippen molar-refractivity contribution in [3.05, 3.63) is 28.8 Å². The number of hydrogen-bond donors (Lipinski definition) is 2. The van der Waals surface area contributed by atoms with E-state index in [0.29, 0.717) is 17.2 Å². The smallest absolute Gasteiger partial charge is 0.428 e. The number of rotatable bonds is 4. The largest absolute Gasteiger partial charge is 0.443 e. The minimum Gasteiger partial charge on any atom is -0.443 e. The molecule has 1 aromatic carbocycles. The average Bonchev–Trinajstić information content (AvgIpc) is 2.37. The van der Waals surface area contributed by atoms with Gasteiger partial charge in [-0.1, -0.05) is 18.5 Å². The number of ether oxygens (including phenoxy) is 1. The summed E-state index contributed by atoms with van der Waals surface area (Å²) in [6, 6.07) is 5.48. The van der Waals surface area contributed by atoms with Gasteiger partial charge in [0.15, 0.2) is 0 Å². The van der Waals surface area contributed by atoms with Crippen LogP contribution in [0.5, 0.6) is 0 Å². The molecule has 0 aliphatic heterocycles. The predicted octanol–water partition coefficient (Wildman–Crippen LogP) is 4.02. The first-order chi connectivity index (χ1) is 9.76. The second kappa shape index (κ2) is 7.31. The van der Waals surface area contributed by atoms with Crippen molar-refractivity contribution in [3.63, 3.8) is 0 Å². The highest BCUT2D eigenvalue weighted by Gasteiger charge is 2.16. The number of nitrogens with one attached hydrogen (secondary N) is 2. The average molecular weight is 312 g/mol. The summed E-state index contributed by atoms with van der Waals surface area (Å²) in [6.07, 6.45) is 0.0617.